The molecule has 2 aromatic carbocycles. The Morgan fingerprint density at radius 3 is 2.62 bits per heavy atom. The molecule has 3 aromatic rings. The number of amides is 1. The number of carbonyl (C=O) groups excluding carboxylic acids is 1. The van der Waals surface area contributed by atoms with Gasteiger partial charge in [-0.3, -0.25) is 9.36 Å². The fourth-order valence-electron chi connectivity index (χ4n) is 3.54. The van der Waals surface area contributed by atoms with Crippen molar-refractivity contribution in [1.29, 1.82) is 0 Å². The van der Waals surface area contributed by atoms with Crippen molar-refractivity contribution < 1.29 is 27.1 Å². The number of nitrogens with zero attached hydrogens (tertiary/aromatic N) is 2. The van der Waals surface area contributed by atoms with E-state index in [4.69, 9.17) is 13.9 Å². The van der Waals surface area contributed by atoms with Crippen molar-refractivity contribution in [3.8, 4) is 5.75 Å². The minimum absolute atomic E-state index is 0.0250. The molecular formula is C21H23N3O7S. The number of benzene rings is 2. The standard InChI is InChI=1S/C21H23N3O7S/c1-14-3-5-19-17(11-14)24(21(26)31-19)13-20(25)22-16-12-15(4-6-18(16)29-2)32(27,28)23-7-9-30-10-8-23/h3-6,11-12H,7-10,13H2,1-2H3,(H,22,25). The lowest BCUT2D eigenvalue weighted by Gasteiger charge is -2.26. The van der Waals surface area contributed by atoms with Crippen LogP contribution < -0.4 is 15.8 Å². The Bertz CT molecular complexity index is 1320. The van der Waals surface area contributed by atoms with Crippen LogP contribution in [0, 0.1) is 6.92 Å². The number of oxazole rings is 1. The highest BCUT2D eigenvalue weighted by Gasteiger charge is 2.27. The van der Waals surface area contributed by atoms with E-state index in [2.05, 4.69) is 5.32 Å². The lowest BCUT2D eigenvalue weighted by molar-refractivity contribution is -0.116. The van der Waals surface area contributed by atoms with Crippen LogP contribution >= 0.6 is 0 Å². The smallest absolute Gasteiger partial charge is 0.420 e. The molecule has 11 heteroatoms. The van der Waals surface area contributed by atoms with Crippen molar-refractivity contribution in [3.63, 3.8) is 0 Å². The molecule has 0 unspecified atom stereocenters. The van der Waals surface area contributed by atoms with Crippen LogP contribution in [0.5, 0.6) is 5.75 Å². The summed E-state index contributed by atoms with van der Waals surface area (Å²) in [5.41, 5.74) is 1.98. The molecule has 1 saturated heterocycles. The maximum atomic E-state index is 13.0. The quantitative estimate of drug-likeness (QED) is 0.592. The molecule has 32 heavy (non-hydrogen) atoms. The predicted molar refractivity (Wildman–Crippen MR) is 116 cm³/mol. The number of anilines is 1. The lowest BCUT2D eigenvalue weighted by Crippen LogP contribution is -2.40. The minimum atomic E-state index is -3.76. The SMILES string of the molecule is COc1ccc(S(=O)(=O)N2CCOCC2)cc1NC(=O)Cn1c(=O)oc2ccc(C)cc21. The van der Waals surface area contributed by atoms with Crippen LogP contribution in [-0.2, 0) is 26.1 Å². The predicted octanol–water partition coefficient (Wildman–Crippen LogP) is 1.57. The van der Waals surface area contributed by atoms with Crippen molar-refractivity contribution >= 4 is 32.7 Å². The fraction of sp³-hybridized carbons (Fsp3) is 0.333. The number of hydrogen-bond acceptors (Lipinski definition) is 7. The summed E-state index contributed by atoms with van der Waals surface area (Å²) in [5, 5.41) is 2.65. The van der Waals surface area contributed by atoms with Crippen molar-refractivity contribution in [2.75, 3.05) is 38.7 Å². The molecule has 0 saturated carbocycles. The van der Waals surface area contributed by atoms with E-state index in [-0.39, 0.29) is 30.2 Å². The third kappa shape index (κ3) is 4.27. The second-order valence-corrected chi connectivity index (χ2v) is 9.29. The summed E-state index contributed by atoms with van der Waals surface area (Å²) in [5.74, 6) is -0.897. The van der Waals surface area contributed by atoms with Gasteiger partial charge in [0.05, 0.1) is 36.4 Å². The Morgan fingerprint density at radius 2 is 1.91 bits per heavy atom. The second-order valence-electron chi connectivity index (χ2n) is 7.35. The summed E-state index contributed by atoms with van der Waals surface area (Å²) >= 11 is 0. The molecule has 1 aromatic heterocycles. The van der Waals surface area contributed by atoms with Crippen LogP contribution in [0.2, 0.25) is 0 Å². The Kier molecular flexibility index (Phi) is 6.04. The van der Waals surface area contributed by atoms with Gasteiger partial charge in [0.25, 0.3) is 0 Å². The number of carbonyl (C=O) groups is 1. The van der Waals surface area contributed by atoms with Gasteiger partial charge in [0.1, 0.15) is 12.3 Å². The van der Waals surface area contributed by atoms with Crippen LogP contribution in [0.3, 0.4) is 0 Å². The van der Waals surface area contributed by atoms with Crippen LogP contribution in [0.15, 0.2) is 50.5 Å². The molecule has 0 aliphatic carbocycles. The summed E-state index contributed by atoms with van der Waals surface area (Å²) in [6.45, 7) is 2.72. The summed E-state index contributed by atoms with van der Waals surface area (Å²) in [7, 11) is -2.34. The Morgan fingerprint density at radius 1 is 1.16 bits per heavy atom. The zero-order chi connectivity index (χ0) is 22.9. The molecule has 1 aliphatic heterocycles. The van der Waals surface area contributed by atoms with E-state index in [9.17, 15) is 18.0 Å². The van der Waals surface area contributed by atoms with Crippen LogP contribution in [-0.4, -0.2) is 56.6 Å². The Hall–Kier alpha value is -3.15. The Labute approximate surface area is 184 Å². The summed E-state index contributed by atoms with van der Waals surface area (Å²) in [6, 6.07) is 9.48. The molecule has 2 heterocycles. The number of sulfonamides is 1. The van der Waals surface area contributed by atoms with Gasteiger partial charge < -0.3 is 19.2 Å². The van der Waals surface area contributed by atoms with E-state index in [0.717, 1.165) is 5.56 Å². The first-order valence-corrected chi connectivity index (χ1v) is 11.4. The van der Waals surface area contributed by atoms with Crippen molar-refractivity contribution in [1.82, 2.24) is 8.87 Å². The third-order valence-corrected chi connectivity index (χ3v) is 7.07. The summed E-state index contributed by atoms with van der Waals surface area (Å²) < 4.78 is 44.2. The zero-order valence-corrected chi connectivity index (χ0v) is 18.5. The number of morpholine rings is 1. The molecule has 10 nitrogen and oxygen atoms in total. The number of aromatic nitrogens is 1. The highest BCUT2D eigenvalue weighted by Crippen LogP contribution is 2.29. The normalized spacial score (nSPS) is 15.1. The second kappa shape index (κ2) is 8.77. The number of nitrogens with one attached hydrogen (secondary N) is 1. The van der Waals surface area contributed by atoms with Crippen LogP contribution in [0.4, 0.5) is 5.69 Å². The van der Waals surface area contributed by atoms with E-state index < -0.39 is 21.7 Å². The lowest BCUT2D eigenvalue weighted by atomic mass is 10.2. The van der Waals surface area contributed by atoms with Gasteiger partial charge in [-0.15, -0.1) is 0 Å². The molecule has 0 radical (unpaired) electrons. The van der Waals surface area contributed by atoms with Crippen molar-refractivity contribution in [3.05, 3.63) is 52.5 Å². The first kappa shape index (κ1) is 22.1. The molecule has 4 rings (SSSR count). The molecule has 1 aliphatic rings. The van der Waals surface area contributed by atoms with E-state index in [1.165, 1.54) is 34.2 Å². The van der Waals surface area contributed by atoms with E-state index in [1.54, 1.807) is 18.2 Å². The average Bonchev–Trinajstić information content (AvgIpc) is 3.08. The van der Waals surface area contributed by atoms with Gasteiger partial charge >= 0.3 is 5.76 Å². The summed E-state index contributed by atoms with van der Waals surface area (Å²) in [6.07, 6.45) is 0. The molecule has 1 amide bonds. The van der Waals surface area contributed by atoms with Crippen LogP contribution in [0.1, 0.15) is 5.56 Å². The molecule has 0 bridgehead atoms. The van der Waals surface area contributed by atoms with Crippen LogP contribution in [0.25, 0.3) is 11.1 Å². The molecular weight excluding hydrogens is 438 g/mol. The maximum absolute atomic E-state index is 13.0. The van der Waals surface area contributed by atoms with E-state index in [1.807, 2.05) is 6.92 Å². The highest BCUT2D eigenvalue weighted by molar-refractivity contribution is 7.89. The molecule has 1 N–H and O–H groups in total. The first-order chi connectivity index (χ1) is 15.3. The van der Waals surface area contributed by atoms with Gasteiger partial charge in [-0.2, -0.15) is 4.31 Å². The largest absolute Gasteiger partial charge is 0.495 e. The van der Waals surface area contributed by atoms with Gasteiger partial charge in [-0.05, 0) is 42.8 Å². The molecule has 170 valence electrons. The van der Waals surface area contributed by atoms with Gasteiger partial charge in [-0.1, -0.05) is 6.07 Å². The highest BCUT2D eigenvalue weighted by atomic mass is 32.2. The molecule has 0 atom stereocenters. The number of aryl methyl sites for hydroxylation is 1. The van der Waals surface area contributed by atoms with Gasteiger partial charge in [-0.25, -0.2) is 13.2 Å². The topological polar surface area (TPSA) is 120 Å². The number of methoxy groups -OCH3 is 1. The monoisotopic (exact) mass is 461 g/mol. The van der Waals surface area contributed by atoms with Gasteiger partial charge in [0.15, 0.2) is 5.58 Å². The average molecular weight is 461 g/mol. The first-order valence-electron chi connectivity index (χ1n) is 9.95. The van der Waals surface area contributed by atoms with Gasteiger partial charge in [0, 0.05) is 13.1 Å². The van der Waals surface area contributed by atoms with Gasteiger partial charge in [0.2, 0.25) is 15.9 Å². The Balaban J connectivity index is 1.60. The van der Waals surface area contributed by atoms with Crippen molar-refractivity contribution in [2.24, 2.45) is 0 Å². The third-order valence-electron chi connectivity index (χ3n) is 5.18. The van der Waals surface area contributed by atoms with E-state index in [0.29, 0.717) is 30.1 Å². The number of fused-ring (bicyclic) bond motifs is 1. The maximum Gasteiger partial charge on any atom is 0.420 e. The van der Waals surface area contributed by atoms with E-state index >= 15 is 0 Å². The number of hydrogen-bond donors (Lipinski definition) is 1. The van der Waals surface area contributed by atoms with Crippen molar-refractivity contribution in [2.45, 2.75) is 18.4 Å². The minimum Gasteiger partial charge on any atom is -0.495 e. The fourth-order valence-corrected chi connectivity index (χ4v) is 4.97. The summed E-state index contributed by atoms with van der Waals surface area (Å²) in [4.78, 5) is 25.0. The number of ether oxygens (including phenoxy) is 2. The zero-order valence-electron chi connectivity index (χ0n) is 17.7. The molecule has 1 fully saturated rings. The molecule has 0 spiro atoms. The number of rotatable bonds is 6.